The van der Waals surface area contributed by atoms with E-state index in [9.17, 15) is 0 Å². The minimum absolute atomic E-state index is 0.506. The van der Waals surface area contributed by atoms with Gasteiger partial charge in [0.2, 0.25) is 0 Å². The quantitative estimate of drug-likeness (QED) is 0.470. The Bertz CT molecular complexity index is 126. The van der Waals surface area contributed by atoms with Gasteiger partial charge in [0.05, 0.1) is 8.07 Å². The molecule has 0 nitrogen and oxygen atoms in total. The lowest BCUT2D eigenvalue weighted by atomic mass is 10.0. The molecule has 0 radical (unpaired) electrons. The Hall–Kier alpha value is 0.217. The Kier molecular flexibility index (Phi) is 1.45. The molecular weight excluding hydrogens is 136 g/mol. The molecule has 0 aromatic rings. The van der Waals surface area contributed by atoms with Crippen LogP contribution in [0.2, 0.25) is 24.2 Å². The summed E-state index contributed by atoms with van der Waals surface area (Å²) in [6.45, 7) is 4.93. The summed E-state index contributed by atoms with van der Waals surface area (Å²) in [6.07, 6.45) is 1.58. The molecular formula is C9H18Si. The lowest BCUT2D eigenvalue weighted by Gasteiger charge is -2.36. The topological polar surface area (TPSA) is 0 Å². The van der Waals surface area contributed by atoms with E-state index in [1.807, 2.05) is 0 Å². The van der Waals surface area contributed by atoms with Crippen LogP contribution in [0.3, 0.4) is 0 Å². The Morgan fingerprint density at radius 1 is 1.00 bits per heavy atom. The molecule has 0 bridgehead atoms. The SMILES string of the molecule is CC1C[Si]2(CCC2)CC1C. The third-order valence-corrected chi connectivity index (χ3v) is 9.74. The van der Waals surface area contributed by atoms with Crippen molar-refractivity contribution in [3.8, 4) is 0 Å². The summed E-state index contributed by atoms with van der Waals surface area (Å²) in [5.41, 5.74) is 0. The number of hydrogen-bond donors (Lipinski definition) is 0. The largest absolute Gasteiger partial charge is 0.0625 e. The van der Waals surface area contributed by atoms with Gasteiger partial charge in [-0.3, -0.25) is 0 Å². The molecule has 2 heterocycles. The van der Waals surface area contributed by atoms with E-state index in [1.54, 1.807) is 30.6 Å². The van der Waals surface area contributed by atoms with Crippen molar-refractivity contribution in [2.24, 2.45) is 11.8 Å². The van der Waals surface area contributed by atoms with Crippen LogP contribution in [0.15, 0.2) is 0 Å². The minimum Gasteiger partial charge on any atom is -0.0625 e. The van der Waals surface area contributed by atoms with Gasteiger partial charge >= 0.3 is 0 Å². The van der Waals surface area contributed by atoms with Gasteiger partial charge in [0.1, 0.15) is 0 Å². The Labute approximate surface area is 65.0 Å². The first-order valence-corrected chi connectivity index (χ1v) is 7.55. The van der Waals surface area contributed by atoms with Crippen molar-refractivity contribution in [3.05, 3.63) is 0 Å². The molecule has 2 unspecified atom stereocenters. The van der Waals surface area contributed by atoms with E-state index in [0.29, 0.717) is 0 Å². The lowest BCUT2D eigenvalue weighted by Crippen LogP contribution is -2.38. The van der Waals surface area contributed by atoms with E-state index >= 15 is 0 Å². The Balaban J connectivity index is 2.03. The van der Waals surface area contributed by atoms with Crippen LogP contribution in [0.25, 0.3) is 0 Å². The molecule has 2 rings (SSSR count). The zero-order valence-electron chi connectivity index (χ0n) is 7.19. The fourth-order valence-corrected chi connectivity index (χ4v) is 8.81. The maximum atomic E-state index is 2.46. The van der Waals surface area contributed by atoms with Crippen LogP contribution in [0, 0.1) is 11.8 Å². The van der Waals surface area contributed by atoms with E-state index in [2.05, 4.69) is 13.8 Å². The molecule has 1 heteroatoms. The second kappa shape index (κ2) is 2.10. The molecule has 58 valence electrons. The Morgan fingerprint density at radius 3 is 1.70 bits per heavy atom. The van der Waals surface area contributed by atoms with Crippen LogP contribution >= 0.6 is 0 Å². The molecule has 2 atom stereocenters. The molecule has 1 spiro atoms. The zero-order chi connectivity index (χ0) is 7.19. The lowest BCUT2D eigenvalue weighted by molar-refractivity contribution is 0.486. The maximum Gasteiger partial charge on any atom is 0.0541 e. The molecule has 2 aliphatic heterocycles. The average molecular weight is 154 g/mol. The summed E-state index contributed by atoms with van der Waals surface area (Å²) in [4.78, 5) is 0. The van der Waals surface area contributed by atoms with Gasteiger partial charge in [0.25, 0.3) is 0 Å². The van der Waals surface area contributed by atoms with Gasteiger partial charge in [-0.25, -0.2) is 0 Å². The highest BCUT2D eigenvalue weighted by atomic mass is 28.3. The summed E-state index contributed by atoms with van der Waals surface area (Å²) >= 11 is 0. The van der Waals surface area contributed by atoms with Gasteiger partial charge in [0.15, 0.2) is 0 Å². The van der Waals surface area contributed by atoms with Crippen molar-refractivity contribution in [3.63, 3.8) is 0 Å². The van der Waals surface area contributed by atoms with Gasteiger partial charge in [-0.2, -0.15) is 0 Å². The molecule has 2 aliphatic rings. The molecule has 0 aliphatic carbocycles. The monoisotopic (exact) mass is 154 g/mol. The summed E-state index contributed by atoms with van der Waals surface area (Å²) < 4.78 is 0. The number of hydrogen-bond acceptors (Lipinski definition) is 0. The fraction of sp³-hybridized carbons (Fsp3) is 1.00. The van der Waals surface area contributed by atoms with Gasteiger partial charge in [-0.1, -0.05) is 44.4 Å². The third kappa shape index (κ3) is 0.867. The van der Waals surface area contributed by atoms with Crippen molar-refractivity contribution in [1.82, 2.24) is 0 Å². The summed E-state index contributed by atoms with van der Waals surface area (Å²) in [5.74, 6) is 2.15. The second-order valence-electron chi connectivity index (χ2n) is 4.72. The summed E-state index contributed by atoms with van der Waals surface area (Å²) in [5, 5.41) is 0. The first-order chi connectivity index (χ1) is 4.72. The first kappa shape index (κ1) is 6.90. The molecule has 0 N–H and O–H groups in total. The van der Waals surface area contributed by atoms with E-state index in [-0.39, 0.29) is 0 Å². The van der Waals surface area contributed by atoms with Crippen LogP contribution in [-0.4, -0.2) is 8.07 Å². The molecule has 0 aromatic heterocycles. The summed E-state index contributed by atoms with van der Waals surface area (Å²) in [7, 11) is -0.506. The van der Waals surface area contributed by atoms with Crippen LogP contribution in [0.5, 0.6) is 0 Å². The molecule has 2 saturated heterocycles. The van der Waals surface area contributed by atoms with Crippen LogP contribution in [-0.2, 0) is 0 Å². The normalized spacial score (nSPS) is 43.8. The minimum atomic E-state index is -0.506. The number of rotatable bonds is 0. The molecule has 2 fully saturated rings. The molecule has 0 saturated carbocycles. The maximum absolute atomic E-state index is 2.46. The van der Waals surface area contributed by atoms with Gasteiger partial charge in [0, 0.05) is 0 Å². The van der Waals surface area contributed by atoms with Crippen molar-refractivity contribution in [2.75, 3.05) is 0 Å². The average Bonchev–Trinajstić information content (AvgIpc) is 2.08. The van der Waals surface area contributed by atoms with Crippen LogP contribution in [0.1, 0.15) is 20.3 Å². The first-order valence-electron chi connectivity index (χ1n) is 4.72. The predicted octanol–water partition coefficient (Wildman–Crippen LogP) is 3.12. The second-order valence-corrected chi connectivity index (χ2v) is 9.53. The van der Waals surface area contributed by atoms with Crippen molar-refractivity contribution in [2.45, 2.75) is 44.4 Å². The standard InChI is InChI=1S/C9H18Si/c1-8-6-10(4-3-5-10)7-9(8)2/h8-9H,3-7H2,1-2H3. The zero-order valence-corrected chi connectivity index (χ0v) is 8.19. The molecule has 0 aromatic carbocycles. The van der Waals surface area contributed by atoms with E-state index < -0.39 is 8.07 Å². The van der Waals surface area contributed by atoms with E-state index in [0.717, 1.165) is 11.8 Å². The third-order valence-electron chi connectivity index (χ3n) is 3.90. The highest BCUT2D eigenvalue weighted by Gasteiger charge is 2.46. The van der Waals surface area contributed by atoms with Crippen LogP contribution < -0.4 is 0 Å². The smallest absolute Gasteiger partial charge is 0.0541 e. The molecule has 10 heavy (non-hydrogen) atoms. The van der Waals surface area contributed by atoms with E-state index in [4.69, 9.17) is 0 Å². The highest BCUT2D eigenvalue weighted by Crippen LogP contribution is 2.50. The van der Waals surface area contributed by atoms with E-state index in [1.165, 1.54) is 0 Å². The van der Waals surface area contributed by atoms with Gasteiger partial charge < -0.3 is 0 Å². The predicted molar refractivity (Wildman–Crippen MR) is 47.9 cm³/mol. The van der Waals surface area contributed by atoms with Gasteiger partial charge in [-0.15, -0.1) is 0 Å². The fourth-order valence-electron chi connectivity index (χ4n) is 2.94. The molecule has 0 amide bonds. The Morgan fingerprint density at radius 2 is 1.50 bits per heavy atom. The van der Waals surface area contributed by atoms with Crippen molar-refractivity contribution >= 4 is 8.07 Å². The van der Waals surface area contributed by atoms with Crippen molar-refractivity contribution in [1.29, 1.82) is 0 Å². The van der Waals surface area contributed by atoms with Crippen molar-refractivity contribution < 1.29 is 0 Å². The van der Waals surface area contributed by atoms with Gasteiger partial charge in [-0.05, 0) is 11.8 Å². The van der Waals surface area contributed by atoms with Crippen LogP contribution in [0.4, 0.5) is 0 Å². The summed E-state index contributed by atoms with van der Waals surface area (Å²) in [6, 6.07) is 6.71. The highest BCUT2D eigenvalue weighted by molar-refractivity contribution is 6.83.